The molecule has 2 aromatic rings. The summed E-state index contributed by atoms with van der Waals surface area (Å²) in [6.07, 6.45) is 0. The number of azide groups is 1. The molecule has 0 aromatic heterocycles. The molecule has 0 aliphatic carbocycles. The van der Waals surface area contributed by atoms with Gasteiger partial charge in [0, 0.05) is 10.6 Å². The fourth-order valence-corrected chi connectivity index (χ4v) is 1.39. The van der Waals surface area contributed by atoms with Gasteiger partial charge < -0.3 is 5.73 Å². The van der Waals surface area contributed by atoms with E-state index >= 15 is 0 Å². The van der Waals surface area contributed by atoms with Gasteiger partial charge in [-0.2, -0.15) is 10.2 Å². The van der Waals surface area contributed by atoms with Crippen LogP contribution < -0.4 is 5.73 Å². The molecule has 88 valence electrons. The van der Waals surface area contributed by atoms with E-state index in [4.69, 9.17) is 11.3 Å². The third kappa shape index (κ3) is 2.63. The van der Waals surface area contributed by atoms with Crippen LogP contribution in [0.25, 0.3) is 10.4 Å². The lowest BCUT2D eigenvalue weighted by Gasteiger charge is -2.01. The monoisotopic (exact) mass is 238 g/mol. The minimum Gasteiger partial charge on any atom is -0.398 e. The molecule has 0 bridgehead atoms. The van der Waals surface area contributed by atoms with E-state index in [-0.39, 0.29) is 0 Å². The van der Waals surface area contributed by atoms with Crippen molar-refractivity contribution in [2.75, 3.05) is 5.73 Å². The van der Waals surface area contributed by atoms with Gasteiger partial charge in [-0.3, -0.25) is 0 Å². The lowest BCUT2D eigenvalue weighted by molar-refractivity contribution is 1.22. The summed E-state index contributed by atoms with van der Waals surface area (Å²) in [6, 6.07) is 14.3. The second-order valence-electron chi connectivity index (χ2n) is 3.44. The van der Waals surface area contributed by atoms with Gasteiger partial charge in [-0.25, -0.2) is 0 Å². The zero-order chi connectivity index (χ0) is 12.8. The van der Waals surface area contributed by atoms with Gasteiger partial charge in [-0.15, -0.1) is 0 Å². The molecule has 2 rings (SSSR count). The van der Waals surface area contributed by atoms with E-state index in [0.717, 1.165) is 0 Å². The third-order valence-corrected chi connectivity index (χ3v) is 2.22. The van der Waals surface area contributed by atoms with Crippen molar-refractivity contribution in [1.82, 2.24) is 0 Å². The number of hydrogen-bond acceptors (Lipinski definition) is 4. The summed E-state index contributed by atoms with van der Waals surface area (Å²) in [5.41, 5.74) is 16.0. The maximum absolute atomic E-state index is 8.48. The summed E-state index contributed by atoms with van der Waals surface area (Å²) in [6.45, 7) is 0. The molecule has 0 saturated heterocycles. The summed E-state index contributed by atoms with van der Waals surface area (Å²) in [5.74, 6) is 0. The van der Waals surface area contributed by atoms with Crippen LogP contribution in [0.15, 0.2) is 63.9 Å². The van der Waals surface area contributed by atoms with Gasteiger partial charge in [-0.05, 0) is 29.8 Å². The quantitative estimate of drug-likeness (QED) is 0.358. The van der Waals surface area contributed by atoms with Crippen molar-refractivity contribution in [2.45, 2.75) is 0 Å². The fraction of sp³-hybridized carbons (Fsp3) is 0. The largest absolute Gasteiger partial charge is 0.398 e. The van der Waals surface area contributed by atoms with E-state index in [1.807, 2.05) is 30.3 Å². The number of anilines is 1. The summed E-state index contributed by atoms with van der Waals surface area (Å²) in [7, 11) is 0. The molecule has 0 aliphatic rings. The zero-order valence-corrected chi connectivity index (χ0v) is 9.43. The van der Waals surface area contributed by atoms with Crippen molar-refractivity contribution in [3.8, 4) is 0 Å². The molecule has 0 fully saturated rings. The Labute approximate surface area is 103 Å². The molecule has 6 nitrogen and oxygen atoms in total. The van der Waals surface area contributed by atoms with Gasteiger partial charge >= 0.3 is 0 Å². The molecule has 0 spiro atoms. The number of benzene rings is 2. The van der Waals surface area contributed by atoms with Crippen LogP contribution >= 0.6 is 0 Å². The van der Waals surface area contributed by atoms with Crippen LogP contribution in [0, 0.1) is 0 Å². The van der Waals surface area contributed by atoms with E-state index in [2.05, 4.69) is 20.3 Å². The number of nitrogens with two attached hydrogens (primary N) is 1. The Bertz CT molecular complexity index is 614. The average Bonchev–Trinajstić information content (AvgIpc) is 2.41. The summed E-state index contributed by atoms with van der Waals surface area (Å²) < 4.78 is 0. The Morgan fingerprint density at radius 1 is 0.944 bits per heavy atom. The van der Waals surface area contributed by atoms with Gasteiger partial charge in [0.1, 0.15) is 0 Å². The molecule has 0 saturated carbocycles. The average molecular weight is 238 g/mol. The Morgan fingerprint density at radius 2 is 1.72 bits per heavy atom. The van der Waals surface area contributed by atoms with E-state index in [1.54, 1.807) is 18.2 Å². The van der Waals surface area contributed by atoms with Crippen LogP contribution in [0.4, 0.5) is 22.7 Å². The van der Waals surface area contributed by atoms with Gasteiger partial charge in [0.25, 0.3) is 0 Å². The molecule has 0 amide bonds. The summed E-state index contributed by atoms with van der Waals surface area (Å²) in [4.78, 5) is 2.73. The lowest BCUT2D eigenvalue weighted by atomic mass is 10.2. The number of azo groups is 1. The van der Waals surface area contributed by atoms with Crippen molar-refractivity contribution in [3.63, 3.8) is 0 Å². The van der Waals surface area contributed by atoms with Crippen LogP contribution in [-0.4, -0.2) is 0 Å². The van der Waals surface area contributed by atoms with Crippen molar-refractivity contribution in [2.24, 2.45) is 15.3 Å². The van der Waals surface area contributed by atoms with Gasteiger partial charge in [-0.1, -0.05) is 29.4 Å². The molecule has 0 atom stereocenters. The molecule has 6 heteroatoms. The van der Waals surface area contributed by atoms with Crippen molar-refractivity contribution in [1.29, 1.82) is 0 Å². The van der Waals surface area contributed by atoms with Crippen LogP contribution in [0.2, 0.25) is 0 Å². The van der Waals surface area contributed by atoms with Crippen LogP contribution in [0.1, 0.15) is 0 Å². The Hall–Kier alpha value is -2.85. The van der Waals surface area contributed by atoms with E-state index in [1.165, 1.54) is 0 Å². The second-order valence-corrected chi connectivity index (χ2v) is 3.44. The Kier molecular flexibility index (Phi) is 3.53. The molecule has 0 unspecified atom stereocenters. The van der Waals surface area contributed by atoms with Crippen LogP contribution in [-0.2, 0) is 0 Å². The summed E-state index contributed by atoms with van der Waals surface area (Å²) >= 11 is 0. The first-order valence-corrected chi connectivity index (χ1v) is 5.21. The number of nitrogen functional groups attached to an aromatic ring is 1. The van der Waals surface area contributed by atoms with Crippen LogP contribution in [0.3, 0.4) is 0 Å². The Morgan fingerprint density at radius 3 is 2.44 bits per heavy atom. The number of rotatable bonds is 3. The standard InChI is InChI=1S/C12H10N6/c13-10-7-4-8-11(12(10)17-18-14)16-15-9-5-2-1-3-6-9/h1-8H,13H2. The highest BCUT2D eigenvalue weighted by Crippen LogP contribution is 2.34. The first-order valence-electron chi connectivity index (χ1n) is 5.21. The van der Waals surface area contributed by atoms with E-state index in [0.29, 0.717) is 22.7 Å². The minimum absolute atomic E-state index is 0.291. The van der Waals surface area contributed by atoms with E-state index in [9.17, 15) is 0 Å². The number of hydrogen-bond donors (Lipinski definition) is 1. The summed E-state index contributed by atoms with van der Waals surface area (Å²) in [5, 5.41) is 11.6. The maximum Gasteiger partial charge on any atom is 0.0973 e. The zero-order valence-electron chi connectivity index (χ0n) is 9.43. The topological polar surface area (TPSA) is 99.5 Å². The molecule has 2 aromatic carbocycles. The van der Waals surface area contributed by atoms with Crippen molar-refractivity contribution < 1.29 is 0 Å². The molecular weight excluding hydrogens is 228 g/mol. The predicted molar refractivity (Wildman–Crippen MR) is 70.3 cm³/mol. The molecule has 0 heterocycles. The number of nitrogens with zero attached hydrogens (tertiary/aromatic N) is 5. The van der Waals surface area contributed by atoms with Crippen molar-refractivity contribution >= 4 is 22.7 Å². The van der Waals surface area contributed by atoms with E-state index < -0.39 is 0 Å². The van der Waals surface area contributed by atoms with Crippen LogP contribution in [0.5, 0.6) is 0 Å². The molecule has 2 N–H and O–H groups in total. The molecule has 0 radical (unpaired) electrons. The molecule has 18 heavy (non-hydrogen) atoms. The maximum atomic E-state index is 8.48. The van der Waals surface area contributed by atoms with Crippen molar-refractivity contribution in [3.05, 3.63) is 59.0 Å². The lowest BCUT2D eigenvalue weighted by Crippen LogP contribution is -1.83. The first-order chi connectivity index (χ1) is 8.81. The van der Waals surface area contributed by atoms with Gasteiger partial charge in [0.15, 0.2) is 0 Å². The van der Waals surface area contributed by atoms with Gasteiger partial charge in [0.05, 0.1) is 17.1 Å². The molecular formula is C12H10N6. The normalized spacial score (nSPS) is 10.2. The fourth-order valence-electron chi connectivity index (χ4n) is 1.39. The smallest absolute Gasteiger partial charge is 0.0973 e. The first kappa shape index (κ1) is 11.6. The molecule has 0 aliphatic heterocycles. The SMILES string of the molecule is [N-]=[N+]=Nc1c(N)cccc1N=Nc1ccccc1. The van der Waals surface area contributed by atoms with Gasteiger partial charge in [0.2, 0.25) is 0 Å². The highest BCUT2D eigenvalue weighted by Gasteiger charge is 2.02. The minimum atomic E-state index is 0.291. The Balaban J connectivity index is 2.38. The predicted octanol–water partition coefficient (Wildman–Crippen LogP) is 4.63. The highest BCUT2D eigenvalue weighted by molar-refractivity contribution is 5.75. The highest BCUT2D eigenvalue weighted by atomic mass is 15.2. The second kappa shape index (κ2) is 5.47. The third-order valence-electron chi connectivity index (χ3n) is 2.22.